The van der Waals surface area contributed by atoms with E-state index in [1.165, 1.54) is 6.07 Å². The first-order chi connectivity index (χ1) is 13.8. The molecule has 0 aliphatic carbocycles. The van der Waals surface area contributed by atoms with Crippen LogP contribution in [-0.2, 0) is 10.0 Å². The minimum atomic E-state index is -4.06. The molecule has 0 saturated carbocycles. The fraction of sp³-hybridized carbons (Fsp3) is 0.409. The Morgan fingerprint density at radius 1 is 0.933 bits per heavy atom. The average molecular weight is 454 g/mol. The van der Waals surface area contributed by atoms with Crippen molar-refractivity contribution in [3.63, 3.8) is 0 Å². The molecule has 2 aromatic carbocycles. The maximum Gasteiger partial charge on any atom is 0.339 e. The molecule has 2 aromatic rings. The molecule has 30 heavy (non-hydrogen) atoms. The summed E-state index contributed by atoms with van der Waals surface area (Å²) in [5.41, 5.74) is 1.93. The Balaban J connectivity index is 2.72. The summed E-state index contributed by atoms with van der Waals surface area (Å²) in [5, 5.41) is 18.8. The lowest BCUT2D eigenvalue weighted by Gasteiger charge is -2.23. The van der Waals surface area contributed by atoms with Gasteiger partial charge in [-0.3, -0.25) is 4.72 Å². The van der Waals surface area contributed by atoms with Crippen LogP contribution in [-0.4, -0.2) is 24.6 Å². The average Bonchev–Trinajstić information content (AvgIpc) is 2.62. The molecule has 0 aliphatic heterocycles. The van der Waals surface area contributed by atoms with Gasteiger partial charge in [-0.15, -0.1) is 0 Å². The highest BCUT2D eigenvalue weighted by Crippen LogP contribution is 2.37. The number of hydrogen-bond donors (Lipinski definition) is 3. The van der Waals surface area contributed by atoms with Crippen LogP contribution in [0.3, 0.4) is 0 Å². The third kappa shape index (κ3) is 4.90. The van der Waals surface area contributed by atoms with Gasteiger partial charge in [0.2, 0.25) is 0 Å². The van der Waals surface area contributed by atoms with Crippen LogP contribution in [0, 0.1) is 0 Å². The SMILES string of the molecule is CC(C)c1cc(C(C)C)c(S(=O)(=O)Nc2cc(Cl)c(O)c(C(=O)O)c2)c(C(C)C)c1. The van der Waals surface area contributed by atoms with Crippen LogP contribution in [0.5, 0.6) is 5.75 Å². The number of carbonyl (C=O) groups is 1. The Hall–Kier alpha value is -2.25. The second-order valence-electron chi connectivity index (χ2n) is 8.26. The fourth-order valence-corrected chi connectivity index (χ4v) is 5.19. The van der Waals surface area contributed by atoms with Crippen LogP contribution < -0.4 is 4.72 Å². The summed E-state index contributed by atoms with van der Waals surface area (Å²) in [6.45, 7) is 11.8. The number of phenols is 1. The number of sulfonamides is 1. The second-order valence-corrected chi connectivity index (χ2v) is 10.3. The Labute approximate surface area is 183 Å². The summed E-state index contributed by atoms with van der Waals surface area (Å²) in [4.78, 5) is 11.5. The van der Waals surface area contributed by atoms with Crippen LogP contribution in [0.4, 0.5) is 5.69 Å². The van der Waals surface area contributed by atoms with E-state index >= 15 is 0 Å². The van der Waals surface area contributed by atoms with Gasteiger partial charge in [0, 0.05) is 0 Å². The molecule has 6 nitrogen and oxygen atoms in total. The number of aromatic hydroxyl groups is 1. The van der Waals surface area contributed by atoms with E-state index in [0.29, 0.717) is 11.1 Å². The van der Waals surface area contributed by atoms with Crippen molar-refractivity contribution in [3.05, 3.63) is 51.5 Å². The Morgan fingerprint density at radius 3 is 1.83 bits per heavy atom. The summed E-state index contributed by atoms with van der Waals surface area (Å²) >= 11 is 5.91. The summed E-state index contributed by atoms with van der Waals surface area (Å²) in [7, 11) is -4.06. The first kappa shape index (κ1) is 24.0. The standard InChI is InChI=1S/C22H28ClNO5S/c1-11(2)14-7-16(12(3)4)21(17(8-14)13(5)6)30(28,29)24-15-9-18(22(26)27)20(25)19(23)10-15/h7-13,24-25H,1-6H3,(H,26,27). The lowest BCUT2D eigenvalue weighted by Crippen LogP contribution is -2.19. The highest BCUT2D eigenvalue weighted by molar-refractivity contribution is 7.92. The van der Waals surface area contributed by atoms with Gasteiger partial charge in [0.05, 0.1) is 15.6 Å². The predicted molar refractivity (Wildman–Crippen MR) is 120 cm³/mol. The molecule has 3 N–H and O–H groups in total. The number of halogens is 1. The zero-order valence-electron chi connectivity index (χ0n) is 17.9. The van der Waals surface area contributed by atoms with E-state index in [1.807, 2.05) is 39.8 Å². The molecule has 0 saturated heterocycles. The van der Waals surface area contributed by atoms with Gasteiger partial charge >= 0.3 is 5.97 Å². The van der Waals surface area contributed by atoms with Crippen molar-refractivity contribution in [1.29, 1.82) is 0 Å². The predicted octanol–water partition coefficient (Wildman–Crippen LogP) is 5.91. The molecule has 0 fully saturated rings. The van der Waals surface area contributed by atoms with E-state index < -0.39 is 27.3 Å². The Bertz CT molecular complexity index is 1050. The number of anilines is 1. The van der Waals surface area contributed by atoms with Gasteiger partial charge in [-0.05, 0) is 46.6 Å². The van der Waals surface area contributed by atoms with Gasteiger partial charge in [0.25, 0.3) is 10.0 Å². The molecular formula is C22H28ClNO5S. The number of benzene rings is 2. The van der Waals surface area contributed by atoms with E-state index in [9.17, 15) is 23.4 Å². The van der Waals surface area contributed by atoms with Crippen LogP contribution in [0.25, 0.3) is 0 Å². The Morgan fingerprint density at radius 2 is 1.43 bits per heavy atom. The number of rotatable bonds is 7. The summed E-state index contributed by atoms with van der Waals surface area (Å²) in [6, 6.07) is 6.08. The topological polar surface area (TPSA) is 104 Å². The third-order valence-corrected chi connectivity index (χ3v) is 6.70. The van der Waals surface area contributed by atoms with E-state index in [2.05, 4.69) is 18.6 Å². The molecule has 0 heterocycles. The molecule has 8 heteroatoms. The molecule has 0 bridgehead atoms. The molecular weight excluding hydrogens is 426 g/mol. The van der Waals surface area contributed by atoms with Crippen LogP contribution in [0.2, 0.25) is 5.02 Å². The minimum absolute atomic E-state index is 0.0347. The van der Waals surface area contributed by atoms with Crippen LogP contribution in [0.1, 0.15) is 86.3 Å². The minimum Gasteiger partial charge on any atom is -0.505 e. The summed E-state index contributed by atoms with van der Waals surface area (Å²) in [5.74, 6) is -1.89. The molecule has 0 unspecified atom stereocenters. The highest BCUT2D eigenvalue weighted by atomic mass is 35.5. The highest BCUT2D eigenvalue weighted by Gasteiger charge is 2.28. The molecule has 164 valence electrons. The van der Waals surface area contributed by atoms with Crippen LogP contribution in [0.15, 0.2) is 29.2 Å². The molecule has 0 radical (unpaired) electrons. The van der Waals surface area contributed by atoms with Crippen molar-refractivity contribution in [2.75, 3.05) is 4.72 Å². The van der Waals surface area contributed by atoms with E-state index in [-0.39, 0.29) is 33.4 Å². The van der Waals surface area contributed by atoms with E-state index in [1.54, 1.807) is 0 Å². The van der Waals surface area contributed by atoms with Crippen molar-refractivity contribution < 1.29 is 23.4 Å². The largest absolute Gasteiger partial charge is 0.505 e. The quantitative estimate of drug-likeness (QED) is 0.451. The third-order valence-electron chi connectivity index (χ3n) is 4.89. The first-order valence-electron chi connectivity index (χ1n) is 9.72. The monoisotopic (exact) mass is 453 g/mol. The zero-order chi connectivity index (χ0) is 23.0. The van der Waals surface area contributed by atoms with Crippen molar-refractivity contribution in [3.8, 4) is 5.75 Å². The number of hydrogen-bond acceptors (Lipinski definition) is 4. The van der Waals surface area contributed by atoms with E-state index in [0.717, 1.165) is 11.6 Å². The van der Waals surface area contributed by atoms with Crippen molar-refractivity contribution in [1.82, 2.24) is 0 Å². The van der Waals surface area contributed by atoms with Gasteiger partial charge in [-0.25, -0.2) is 13.2 Å². The van der Waals surface area contributed by atoms with Crippen LogP contribution >= 0.6 is 11.6 Å². The molecule has 0 atom stereocenters. The lowest BCUT2D eigenvalue weighted by atomic mass is 9.89. The molecule has 0 spiro atoms. The van der Waals surface area contributed by atoms with Crippen molar-refractivity contribution in [2.24, 2.45) is 0 Å². The number of carboxylic acid groups (broad SMARTS) is 1. The Kier molecular flexibility index (Phi) is 7.09. The van der Waals surface area contributed by atoms with Gasteiger partial charge in [-0.2, -0.15) is 0 Å². The van der Waals surface area contributed by atoms with Crippen molar-refractivity contribution in [2.45, 2.75) is 64.2 Å². The maximum absolute atomic E-state index is 13.4. The smallest absolute Gasteiger partial charge is 0.339 e. The zero-order valence-corrected chi connectivity index (χ0v) is 19.5. The molecule has 0 aromatic heterocycles. The first-order valence-corrected chi connectivity index (χ1v) is 11.6. The molecule has 0 amide bonds. The van der Waals surface area contributed by atoms with Gasteiger partial charge in [0.15, 0.2) is 0 Å². The number of nitrogens with one attached hydrogen (secondary N) is 1. The maximum atomic E-state index is 13.4. The van der Waals surface area contributed by atoms with E-state index in [4.69, 9.17) is 11.6 Å². The second kappa shape index (κ2) is 8.86. The van der Waals surface area contributed by atoms with Gasteiger partial charge in [-0.1, -0.05) is 65.3 Å². The molecule has 2 rings (SSSR count). The normalized spacial score (nSPS) is 12.1. The fourth-order valence-electron chi connectivity index (χ4n) is 3.23. The summed E-state index contributed by atoms with van der Waals surface area (Å²) < 4.78 is 29.3. The van der Waals surface area contributed by atoms with Gasteiger partial charge in [0.1, 0.15) is 11.3 Å². The van der Waals surface area contributed by atoms with Crippen molar-refractivity contribution >= 4 is 33.3 Å². The number of carboxylic acids is 1. The van der Waals surface area contributed by atoms with Gasteiger partial charge < -0.3 is 10.2 Å². The summed E-state index contributed by atoms with van der Waals surface area (Å²) in [6.07, 6.45) is 0. The lowest BCUT2D eigenvalue weighted by molar-refractivity contribution is 0.0693. The molecule has 0 aliphatic rings. The number of aromatic carboxylic acids is 1.